The summed E-state index contributed by atoms with van der Waals surface area (Å²) >= 11 is 6.82. The quantitative estimate of drug-likeness (QED) is 0.840. The SMILES string of the molecule is CCC(Br)CNC(=O)c1ccccc1Br. The summed E-state index contributed by atoms with van der Waals surface area (Å²) in [6, 6.07) is 7.40. The first kappa shape index (κ1) is 12.7. The molecule has 1 unspecified atom stereocenters. The Bertz CT molecular complexity index is 341. The molecule has 0 radical (unpaired) electrons. The van der Waals surface area contributed by atoms with Gasteiger partial charge in [-0.1, -0.05) is 35.0 Å². The van der Waals surface area contributed by atoms with Crippen molar-refractivity contribution < 1.29 is 4.79 Å². The van der Waals surface area contributed by atoms with Crippen LogP contribution in [0, 0.1) is 0 Å². The zero-order valence-corrected chi connectivity index (χ0v) is 11.6. The Kier molecular flexibility index (Phi) is 5.32. The lowest BCUT2D eigenvalue weighted by molar-refractivity contribution is 0.0953. The molecule has 0 spiro atoms. The molecule has 1 N–H and O–H groups in total. The molecule has 0 saturated carbocycles. The summed E-state index contributed by atoms with van der Waals surface area (Å²) < 4.78 is 0.824. The summed E-state index contributed by atoms with van der Waals surface area (Å²) in [5.41, 5.74) is 0.674. The van der Waals surface area contributed by atoms with E-state index in [4.69, 9.17) is 0 Å². The molecule has 1 aromatic carbocycles. The van der Waals surface area contributed by atoms with Gasteiger partial charge in [0, 0.05) is 15.8 Å². The monoisotopic (exact) mass is 333 g/mol. The van der Waals surface area contributed by atoms with Crippen molar-refractivity contribution in [2.75, 3.05) is 6.54 Å². The highest BCUT2D eigenvalue weighted by molar-refractivity contribution is 9.10. The predicted molar refractivity (Wildman–Crippen MR) is 69.5 cm³/mol. The summed E-state index contributed by atoms with van der Waals surface area (Å²) in [6.45, 7) is 2.72. The van der Waals surface area contributed by atoms with Gasteiger partial charge in [-0.3, -0.25) is 4.79 Å². The predicted octanol–water partition coefficient (Wildman–Crippen LogP) is 3.35. The highest BCUT2D eigenvalue weighted by Crippen LogP contribution is 2.15. The Hall–Kier alpha value is -0.350. The Labute approximate surface area is 107 Å². The van der Waals surface area contributed by atoms with Crippen LogP contribution in [0.5, 0.6) is 0 Å². The van der Waals surface area contributed by atoms with Crippen molar-refractivity contribution in [3.05, 3.63) is 34.3 Å². The molecule has 4 heteroatoms. The minimum Gasteiger partial charge on any atom is -0.351 e. The fourth-order valence-electron chi connectivity index (χ4n) is 1.09. The summed E-state index contributed by atoms with van der Waals surface area (Å²) in [7, 11) is 0. The minimum atomic E-state index is -0.0413. The summed E-state index contributed by atoms with van der Waals surface area (Å²) in [5, 5.41) is 2.87. The van der Waals surface area contributed by atoms with E-state index in [9.17, 15) is 4.79 Å². The molecular formula is C11H13Br2NO. The van der Waals surface area contributed by atoms with Crippen molar-refractivity contribution in [3.63, 3.8) is 0 Å². The number of nitrogens with one attached hydrogen (secondary N) is 1. The molecule has 0 aliphatic heterocycles. The molecule has 0 bridgehead atoms. The molecule has 1 rings (SSSR count). The number of hydrogen-bond donors (Lipinski definition) is 1. The van der Waals surface area contributed by atoms with Crippen molar-refractivity contribution in [2.24, 2.45) is 0 Å². The van der Waals surface area contributed by atoms with E-state index >= 15 is 0 Å². The Balaban J connectivity index is 2.58. The van der Waals surface area contributed by atoms with E-state index in [1.54, 1.807) is 6.07 Å². The van der Waals surface area contributed by atoms with Crippen molar-refractivity contribution >= 4 is 37.8 Å². The number of halogens is 2. The second kappa shape index (κ2) is 6.28. The van der Waals surface area contributed by atoms with E-state index in [0.717, 1.165) is 10.9 Å². The molecule has 0 fully saturated rings. The first-order valence-corrected chi connectivity index (χ1v) is 6.52. The number of rotatable bonds is 4. The van der Waals surface area contributed by atoms with Gasteiger partial charge < -0.3 is 5.32 Å². The summed E-state index contributed by atoms with van der Waals surface area (Å²) in [4.78, 5) is 12.1. The highest BCUT2D eigenvalue weighted by atomic mass is 79.9. The number of benzene rings is 1. The third-order valence-corrected chi connectivity index (χ3v) is 3.71. The van der Waals surface area contributed by atoms with Gasteiger partial charge in [-0.15, -0.1) is 0 Å². The summed E-state index contributed by atoms with van der Waals surface area (Å²) in [6.07, 6.45) is 0.996. The molecule has 15 heavy (non-hydrogen) atoms. The average molecular weight is 335 g/mol. The zero-order chi connectivity index (χ0) is 11.3. The van der Waals surface area contributed by atoms with Crippen LogP contribution in [0.1, 0.15) is 23.7 Å². The number of alkyl halides is 1. The van der Waals surface area contributed by atoms with Crippen LogP contribution in [0.3, 0.4) is 0 Å². The lowest BCUT2D eigenvalue weighted by Crippen LogP contribution is -2.29. The number of hydrogen-bond acceptors (Lipinski definition) is 1. The lowest BCUT2D eigenvalue weighted by atomic mass is 10.2. The van der Waals surface area contributed by atoms with E-state index in [1.807, 2.05) is 18.2 Å². The van der Waals surface area contributed by atoms with Gasteiger partial charge in [0.15, 0.2) is 0 Å². The third kappa shape index (κ3) is 3.95. The van der Waals surface area contributed by atoms with Crippen LogP contribution in [0.2, 0.25) is 0 Å². The topological polar surface area (TPSA) is 29.1 Å². The second-order valence-corrected chi connectivity index (χ2v) is 5.34. The summed E-state index contributed by atoms with van der Waals surface area (Å²) in [5.74, 6) is -0.0413. The number of amides is 1. The number of carbonyl (C=O) groups is 1. The van der Waals surface area contributed by atoms with Crippen molar-refractivity contribution in [2.45, 2.75) is 18.2 Å². The molecular weight excluding hydrogens is 322 g/mol. The zero-order valence-electron chi connectivity index (χ0n) is 8.47. The molecule has 1 atom stereocenters. The van der Waals surface area contributed by atoms with Crippen LogP contribution < -0.4 is 5.32 Å². The maximum Gasteiger partial charge on any atom is 0.252 e. The molecule has 1 aromatic rings. The first-order chi connectivity index (χ1) is 7.15. The lowest BCUT2D eigenvalue weighted by Gasteiger charge is -2.09. The largest absolute Gasteiger partial charge is 0.351 e. The van der Waals surface area contributed by atoms with Crippen LogP contribution in [-0.4, -0.2) is 17.3 Å². The van der Waals surface area contributed by atoms with Gasteiger partial charge in [-0.25, -0.2) is 0 Å². The van der Waals surface area contributed by atoms with Gasteiger partial charge in [0.2, 0.25) is 0 Å². The fraction of sp³-hybridized carbons (Fsp3) is 0.364. The van der Waals surface area contributed by atoms with Crippen LogP contribution >= 0.6 is 31.9 Å². The van der Waals surface area contributed by atoms with E-state index < -0.39 is 0 Å². The maximum atomic E-state index is 11.7. The van der Waals surface area contributed by atoms with E-state index in [1.165, 1.54) is 0 Å². The van der Waals surface area contributed by atoms with Crippen LogP contribution in [0.15, 0.2) is 28.7 Å². The molecule has 0 aliphatic rings. The Morgan fingerprint density at radius 2 is 2.13 bits per heavy atom. The van der Waals surface area contributed by atoms with Crippen LogP contribution in [0.25, 0.3) is 0 Å². The van der Waals surface area contributed by atoms with Gasteiger partial charge in [-0.2, -0.15) is 0 Å². The molecule has 1 amide bonds. The van der Waals surface area contributed by atoms with Crippen molar-refractivity contribution in [3.8, 4) is 0 Å². The standard InChI is InChI=1S/C11H13Br2NO/c1-2-8(12)7-14-11(15)9-5-3-4-6-10(9)13/h3-6,8H,2,7H2,1H3,(H,14,15). The second-order valence-electron chi connectivity index (χ2n) is 3.20. The van der Waals surface area contributed by atoms with E-state index in [2.05, 4.69) is 44.1 Å². The van der Waals surface area contributed by atoms with E-state index in [-0.39, 0.29) is 5.91 Å². The smallest absolute Gasteiger partial charge is 0.252 e. The minimum absolute atomic E-state index is 0.0413. The van der Waals surface area contributed by atoms with Crippen molar-refractivity contribution in [1.29, 1.82) is 0 Å². The molecule has 2 nitrogen and oxygen atoms in total. The number of carbonyl (C=O) groups excluding carboxylic acids is 1. The van der Waals surface area contributed by atoms with Gasteiger partial charge in [0.25, 0.3) is 5.91 Å². The maximum absolute atomic E-state index is 11.7. The van der Waals surface area contributed by atoms with Gasteiger partial charge in [-0.05, 0) is 34.5 Å². The first-order valence-electron chi connectivity index (χ1n) is 4.82. The van der Waals surface area contributed by atoms with Crippen LogP contribution in [0.4, 0.5) is 0 Å². The Morgan fingerprint density at radius 1 is 1.47 bits per heavy atom. The normalized spacial score (nSPS) is 12.2. The molecule has 82 valence electrons. The molecule has 0 aromatic heterocycles. The van der Waals surface area contributed by atoms with Gasteiger partial charge >= 0.3 is 0 Å². The Morgan fingerprint density at radius 3 is 2.73 bits per heavy atom. The molecule has 0 heterocycles. The van der Waals surface area contributed by atoms with E-state index in [0.29, 0.717) is 16.9 Å². The molecule has 0 aliphatic carbocycles. The fourth-order valence-corrected chi connectivity index (χ4v) is 1.72. The van der Waals surface area contributed by atoms with Crippen molar-refractivity contribution in [1.82, 2.24) is 5.32 Å². The van der Waals surface area contributed by atoms with Gasteiger partial charge in [0.1, 0.15) is 0 Å². The third-order valence-electron chi connectivity index (χ3n) is 2.05. The van der Waals surface area contributed by atoms with Gasteiger partial charge in [0.05, 0.1) is 5.56 Å². The molecule has 0 saturated heterocycles. The average Bonchev–Trinajstić information content (AvgIpc) is 2.26. The van der Waals surface area contributed by atoms with Crippen LogP contribution in [-0.2, 0) is 0 Å². The highest BCUT2D eigenvalue weighted by Gasteiger charge is 2.09.